The standard InChI is InChI=1S/C18H27N3O2S/c1-3-23-11-7-6-10-20-18(19-2)21-13-15(22)17-12-14-8-4-5-9-16(14)24-17/h4-5,8-9,12,15,22H,3,6-7,10-11,13H2,1-2H3,(H2,19,20,21). The van der Waals surface area contributed by atoms with Crippen molar-refractivity contribution in [3.05, 3.63) is 35.2 Å². The van der Waals surface area contributed by atoms with E-state index in [1.807, 2.05) is 19.1 Å². The van der Waals surface area contributed by atoms with Gasteiger partial charge in [-0.15, -0.1) is 11.3 Å². The largest absolute Gasteiger partial charge is 0.386 e. The number of aliphatic imine (C=N–C) groups is 1. The monoisotopic (exact) mass is 349 g/mol. The number of rotatable bonds is 9. The molecule has 0 fully saturated rings. The zero-order chi connectivity index (χ0) is 17.2. The molecule has 3 N–H and O–H groups in total. The lowest BCUT2D eigenvalue weighted by molar-refractivity contribution is 0.143. The van der Waals surface area contributed by atoms with E-state index >= 15 is 0 Å². The fraction of sp³-hybridized carbons (Fsp3) is 0.500. The number of unbranched alkanes of at least 4 members (excludes halogenated alkanes) is 1. The molecule has 5 nitrogen and oxygen atoms in total. The Morgan fingerprint density at radius 2 is 2.12 bits per heavy atom. The molecule has 0 aliphatic heterocycles. The van der Waals surface area contributed by atoms with E-state index in [0.717, 1.165) is 37.5 Å². The van der Waals surface area contributed by atoms with Gasteiger partial charge in [-0.2, -0.15) is 0 Å². The summed E-state index contributed by atoms with van der Waals surface area (Å²) in [6, 6.07) is 10.2. The minimum Gasteiger partial charge on any atom is -0.386 e. The molecule has 0 spiro atoms. The lowest BCUT2D eigenvalue weighted by atomic mass is 10.2. The van der Waals surface area contributed by atoms with E-state index in [9.17, 15) is 5.11 Å². The molecule has 0 saturated heterocycles. The van der Waals surface area contributed by atoms with Crippen molar-refractivity contribution < 1.29 is 9.84 Å². The smallest absolute Gasteiger partial charge is 0.191 e. The second-order valence-electron chi connectivity index (χ2n) is 5.49. The van der Waals surface area contributed by atoms with Crippen LogP contribution >= 0.6 is 11.3 Å². The Balaban J connectivity index is 1.74. The molecule has 2 rings (SSSR count). The van der Waals surface area contributed by atoms with E-state index in [-0.39, 0.29) is 0 Å². The molecule has 0 amide bonds. The zero-order valence-electron chi connectivity index (χ0n) is 14.4. The molecule has 1 unspecified atom stereocenters. The fourth-order valence-corrected chi connectivity index (χ4v) is 3.41. The van der Waals surface area contributed by atoms with Crippen LogP contribution in [0.3, 0.4) is 0 Å². The average Bonchev–Trinajstić information content (AvgIpc) is 3.04. The van der Waals surface area contributed by atoms with Gasteiger partial charge < -0.3 is 20.5 Å². The van der Waals surface area contributed by atoms with Crippen LogP contribution in [0.25, 0.3) is 10.1 Å². The molecule has 0 bridgehead atoms. The molecule has 1 aromatic heterocycles. The topological polar surface area (TPSA) is 65.9 Å². The molecule has 2 aromatic rings. The number of hydrogen-bond acceptors (Lipinski definition) is 4. The van der Waals surface area contributed by atoms with E-state index in [1.165, 1.54) is 10.1 Å². The molecule has 24 heavy (non-hydrogen) atoms. The predicted octanol–water partition coefficient (Wildman–Crippen LogP) is 2.92. The van der Waals surface area contributed by atoms with Crippen LogP contribution < -0.4 is 10.6 Å². The fourth-order valence-electron chi connectivity index (χ4n) is 2.36. The van der Waals surface area contributed by atoms with Crippen LogP contribution in [-0.2, 0) is 4.74 Å². The minimum atomic E-state index is -0.543. The number of benzene rings is 1. The van der Waals surface area contributed by atoms with E-state index < -0.39 is 6.10 Å². The van der Waals surface area contributed by atoms with Crippen molar-refractivity contribution in [3.8, 4) is 0 Å². The van der Waals surface area contributed by atoms with Gasteiger partial charge in [0.1, 0.15) is 6.10 Å². The summed E-state index contributed by atoms with van der Waals surface area (Å²) >= 11 is 1.63. The van der Waals surface area contributed by atoms with Crippen LogP contribution in [0, 0.1) is 0 Å². The highest BCUT2D eigenvalue weighted by Crippen LogP contribution is 2.29. The van der Waals surface area contributed by atoms with Gasteiger partial charge in [0.05, 0.1) is 0 Å². The number of aliphatic hydroxyl groups excluding tert-OH is 1. The number of fused-ring (bicyclic) bond motifs is 1. The summed E-state index contributed by atoms with van der Waals surface area (Å²) in [7, 11) is 1.74. The molecule has 1 aromatic carbocycles. The van der Waals surface area contributed by atoms with Crippen molar-refractivity contribution in [1.29, 1.82) is 0 Å². The number of guanidine groups is 1. The van der Waals surface area contributed by atoms with Crippen molar-refractivity contribution in [1.82, 2.24) is 10.6 Å². The van der Waals surface area contributed by atoms with Crippen LogP contribution in [0.5, 0.6) is 0 Å². The Morgan fingerprint density at radius 3 is 2.88 bits per heavy atom. The summed E-state index contributed by atoms with van der Waals surface area (Å²) in [4.78, 5) is 5.15. The first-order valence-electron chi connectivity index (χ1n) is 8.43. The van der Waals surface area contributed by atoms with Crippen molar-refractivity contribution in [3.63, 3.8) is 0 Å². The number of ether oxygens (including phenoxy) is 1. The van der Waals surface area contributed by atoms with E-state index in [0.29, 0.717) is 12.5 Å². The maximum atomic E-state index is 10.4. The number of aliphatic hydroxyl groups is 1. The van der Waals surface area contributed by atoms with Gasteiger partial charge in [0.15, 0.2) is 5.96 Å². The molecule has 1 atom stereocenters. The minimum absolute atomic E-state index is 0.436. The number of nitrogens with one attached hydrogen (secondary N) is 2. The molecular weight excluding hydrogens is 322 g/mol. The maximum Gasteiger partial charge on any atom is 0.191 e. The predicted molar refractivity (Wildman–Crippen MR) is 102 cm³/mol. The molecule has 0 aliphatic rings. The summed E-state index contributed by atoms with van der Waals surface area (Å²) in [5, 5.41) is 18.0. The van der Waals surface area contributed by atoms with Gasteiger partial charge in [-0.1, -0.05) is 18.2 Å². The van der Waals surface area contributed by atoms with Gasteiger partial charge >= 0.3 is 0 Å². The molecular formula is C18H27N3O2S. The lowest BCUT2D eigenvalue weighted by Crippen LogP contribution is -2.39. The first-order valence-corrected chi connectivity index (χ1v) is 9.25. The summed E-state index contributed by atoms with van der Waals surface area (Å²) < 4.78 is 6.51. The van der Waals surface area contributed by atoms with E-state index in [1.54, 1.807) is 18.4 Å². The third-order valence-electron chi connectivity index (χ3n) is 3.67. The second-order valence-corrected chi connectivity index (χ2v) is 6.60. The van der Waals surface area contributed by atoms with Crippen molar-refractivity contribution in [2.45, 2.75) is 25.9 Å². The Morgan fingerprint density at radius 1 is 1.29 bits per heavy atom. The molecule has 1 heterocycles. The third-order valence-corrected chi connectivity index (χ3v) is 4.89. The molecule has 0 radical (unpaired) electrons. The first kappa shape index (κ1) is 18.7. The summed E-state index contributed by atoms with van der Waals surface area (Å²) in [5.74, 6) is 0.714. The van der Waals surface area contributed by atoms with Crippen molar-refractivity contribution in [2.75, 3.05) is 33.4 Å². The van der Waals surface area contributed by atoms with Gasteiger partial charge in [-0.3, -0.25) is 4.99 Å². The Bertz CT molecular complexity index is 609. The quantitative estimate of drug-likeness (QED) is 0.370. The van der Waals surface area contributed by atoms with Crippen molar-refractivity contribution in [2.24, 2.45) is 4.99 Å². The second kappa shape index (κ2) is 10.3. The molecule has 0 aliphatic carbocycles. The SMILES string of the molecule is CCOCCCCNC(=NC)NCC(O)c1cc2ccccc2s1. The first-order chi connectivity index (χ1) is 11.7. The van der Waals surface area contributed by atoms with E-state index in [2.05, 4.69) is 33.8 Å². The summed E-state index contributed by atoms with van der Waals surface area (Å²) in [5.41, 5.74) is 0. The highest BCUT2D eigenvalue weighted by Gasteiger charge is 2.12. The Hall–Kier alpha value is -1.63. The molecule has 6 heteroatoms. The van der Waals surface area contributed by atoms with Gasteiger partial charge in [0.2, 0.25) is 0 Å². The maximum absolute atomic E-state index is 10.4. The number of nitrogens with zero attached hydrogens (tertiary/aromatic N) is 1. The summed E-state index contributed by atoms with van der Waals surface area (Å²) in [6.45, 7) is 4.85. The van der Waals surface area contributed by atoms with Crippen LogP contribution in [-0.4, -0.2) is 44.4 Å². The number of hydrogen-bond donors (Lipinski definition) is 3. The van der Waals surface area contributed by atoms with Crippen LogP contribution in [0.1, 0.15) is 30.7 Å². The zero-order valence-corrected chi connectivity index (χ0v) is 15.2. The van der Waals surface area contributed by atoms with Crippen LogP contribution in [0.4, 0.5) is 0 Å². The van der Waals surface area contributed by atoms with Crippen molar-refractivity contribution >= 4 is 27.4 Å². The van der Waals surface area contributed by atoms with Crippen LogP contribution in [0.2, 0.25) is 0 Å². The van der Waals surface area contributed by atoms with Gasteiger partial charge in [0, 0.05) is 42.9 Å². The van der Waals surface area contributed by atoms with Crippen LogP contribution in [0.15, 0.2) is 35.3 Å². The lowest BCUT2D eigenvalue weighted by Gasteiger charge is -2.14. The Labute approximate surface area is 147 Å². The molecule has 132 valence electrons. The highest BCUT2D eigenvalue weighted by atomic mass is 32.1. The summed E-state index contributed by atoms with van der Waals surface area (Å²) in [6.07, 6.45) is 1.51. The van der Waals surface area contributed by atoms with Gasteiger partial charge in [-0.25, -0.2) is 0 Å². The normalized spacial score (nSPS) is 13.2. The molecule has 0 saturated carbocycles. The van der Waals surface area contributed by atoms with E-state index in [4.69, 9.17) is 4.74 Å². The number of thiophene rings is 1. The Kier molecular flexibility index (Phi) is 8.01. The third kappa shape index (κ3) is 5.78. The van der Waals surface area contributed by atoms with Gasteiger partial charge in [-0.05, 0) is 37.3 Å². The average molecular weight is 350 g/mol. The van der Waals surface area contributed by atoms with Gasteiger partial charge in [0.25, 0.3) is 0 Å². The highest BCUT2D eigenvalue weighted by molar-refractivity contribution is 7.19.